The van der Waals surface area contributed by atoms with E-state index in [1.807, 2.05) is 30.5 Å². The van der Waals surface area contributed by atoms with Crippen LogP contribution in [0.1, 0.15) is 16.1 Å². The van der Waals surface area contributed by atoms with E-state index in [2.05, 4.69) is 4.98 Å². The second-order valence-electron chi connectivity index (χ2n) is 3.77. The fraction of sp³-hybridized carbons (Fsp3) is 0.143. The van der Waals surface area contributed by atoms with Crippen molar-refractivity contribution in [2.45, 2.75) is 11.5 Å². The molecule has 1 heterocycles. The summed E-state index contributed by atoms with van der Waals surface area (Å²) >= 11 is 1.65. The van der Waals surface area contributed by atoms with Crippen LogP contribution in [0.5, 0.6) is 5.75 Å². The molecule has 1 N–H and O–H groups in total. The smallest absolute Gasteiger partial charge is 0.337 e. The van der Waals surface area contributed by atoms with Crippen LogP contribution in [0.2, 0.25) is 0 Å². The molecule has 4 nitrogen and oxygen atoms in total. The maximum absolute atomic E-state index is 11.0. The summed E-state index contributed by atoms with van der Waals surface area (Å²) < 4.78 is 5.55. The van der Waals surface area contributed by atoms with Crippen LogP contribution in [-0.4, -0.2) is 22.3 Å². The molecule has 0 bridgehead atoms. The van der Waals surface area contributed by atoms with E-state index in [-0.39, 0.29) is 12.2 Å². The Balaban J connectivity index is 2.07. The molecular formula is C14H13NO3S. The molecule has 0 atom stereocenters. The van der Waals surface area contributed by atoms with Gasteiger partial charge in [0.05, 0.1) is 11.3 Å². The maximum Gasteiger partial charge on any atom is 0.337 e. The summed E-state index contributed by atoms with van der Waals surface area (Å²) in [6.07, 6.45) is 3.56. The van der Waals surface area contributed by atoms with Crippen LogP contribution in [0.25, 0.3) is 0 Å². The van der Waals surface area contributed by atoms with E-state index < -0.39 is 5.97 Å². The van der Waals surface area contributed by atoms with Gasteiger partial charge in [-0.2, -0.15) is 0 Å². The lowest BCUT2D eigenvalue weighted by atomic mass is 10.2. The van der Waals surface area contributed by atoms with Crippen molar-refractivity contribution in [3.05, 3.63) is 53.9 Å². The molecule has 0 spiro atoms. The average Bonchev–Trinajstić information content (AvgIpc) is 2.46. The van der Waals surface area contributed by atoms with Crippen LogP contribution >= 0.6 is 11.8 Å². The van der Waals surface area contributed by atoms with E-state index >= 15 is 0 Å². The lowest BCUT2D eigenvalue weighted by Crippen LogP contribution is -2.07. The standard InChI is InChI=1S/C14H13NO3S/c1-19-11-6-4-10(5-7-11)18-9-13-12(14(16)17)3-2-8-15-13/h2-8H,9H2,1H3,(H,16,17). The van der Waals surface area contributed by atoms with Gasteiger partial charge >= 0.3 is 5.97 Å². The van der Waals surface area contributed by atoms with Gasteiger partial charge in [-0.3, -0.25) is 4.98 Å². The number of aromatic carboxylic acids is 1. The lowest BCUT2D eigenvalue weighted by Gasteiger charge is -2.08. The molecule has 19 heavy (non-hydrogen) atoms. The number of aromatic nitrogens is 1. The molecule has 0 fully saturated rings. The van der Waals surface area contributed by atoms with Gasteiger partial charge in [-0.15, -0.1) is 11.8 Å². The Morgan fingerprint density at radius 1 is 1.32 bits per heavy atom. The maximum atomic E-state index is 11.0. The molecule has 0 aliphatic carbocycles. The predicted octanol–water partition coefficient (Wildman–Crippen LogP) is 3.08. The second kappa shape index (κ2) is 6.24. The molecule has 0 saturated heterocycles. The van der Waals surface area contributed by atoms with Crippen molar-refractivity contribution in [2.75, 3.05) is 6.26 Å². The number of carboxylic acids is 1. The largest absolute Gasteiger partial charge is 0.487 e. The third kappa shape index (κ3) is 3.48. The van der Waals surface area contributed by atoms with Crippen molar-refractivity contribution < 1.29 is 14.6 Å². The first-order valence-corrected chi connectivity index (χ1v) is 6.87. The Labute approximate surface area is 115 Å². The molecule has 98 valence electrons. The van der Waals surface area contributed by atoms with Gasteiger partial charge in [0.2, 0.25) is 0 Å². The number of rotatable bonds is 5. The monoisotopic (exact) mass is 275 g/mol. The van der Waals surface area contributed by atoms with Gasteiger partial charge < -0.3 is 9.84 Å². The Morgan fingerprint density at radius 3 is 2.68 bits per heavy atom. The second-order valence-corrected chi connectivity index (χ2v) is 4.65. The van der Waals surface area contributed by atoms with Gasteiger partial charge in [0.15, 0.2) is 0 Å². The van der Waals surface area contributed by atoms with Crippen LogP contribution < -0.4 is 4.74 Å². The number of ether oxygens (including phenoxy) is 1. The highest BCUT2D eigenvalue weighted by atomic mass is 32.2. The Hall–Kier alpha value is -2.01. The summed E-state index contributed by atoms with van der Waals surface area (Å²) in [5.41, 5.74) is 0.590. The van der Waals surface area contributed by atoms with Gasteiger partial charge in [0, 0.05) is 11.1 Å². The number of benzene rings is 1. The highest BCUT2D eigenvalue weighted by molar-refractivity contribution is 7.98. The number of thioether (sulfide) groups is 1. The van der Waals surface area contributed by atoms with Gasteiger partial charge in [0.25, 0.3) is 0 Å². The molecular weight excluding hydrogens is 262 g/mol. The number of hydrogen-bond donors (Lipinski definition) is 1. The average molecular weight is 275 g/mol. The molecule has 1 aromatic carbocycles. The molecule has 0 saturated carbocycles. The molecule has 0 radical (unpaired) electrons. The summed E-state index contributed by atoms with van der Waals surface area (Å²) in [6.45, 7) is 0.140. The van der Waals surface area contributed by atoms with E-state index in [4.69, 9.17) is 9.84 Å². The first-order chi connectivity index (χ1) is 9.20. The zero-order chi connectivity index (χ0) is 13.7. The Morgan fingerprint density at radius 2 is 2.05 bits per heavy atom. The topological polar surface area (TPSA) is 59.4 Å². The number of carboxylic acid groups (broad SMARTS) is 1. The van der Waals surface area contributed by atoms with Crippen molar-refractivity contribution in [3.8, 4) is 5.75 Å². The number of pyridine rings is 1. The van der Waals surface area contributed by atoms with E-state index in [9.17, 15) is 4.79 Å². The third-order valence-corrected chi connectivity index (χ3v) is 3.30. The van der Waals surface area contributed by atoms with E-state index in [1.165, 1.54) is 6.07 Å². The van der Waals surface area contributed by atoms with Crippen LogP contribution in [0.15, 0.2) is 47.5 Å². The minimum Gasteiger partial charge on any atom is -0.487 e. The molecule has 0 amide bonds. The van der Waals surface area contributed by atoms with Crippen molar-refractivity contribution in [1.29, 1.82) is 0 Å². The van der Waals surface area contributed by atoms with Gasteiger partial charge in [-0.25, -0.2) is 4.79 Å². The third-order valence-electron chi connectivity index (χ3n) is 2.56. The highest BCUT2D eigenvalue weighted by Crippen LogP contribution is 2.20. The molecule has 1 aromatic heterocycles. The van der Waals surface area contributed by atoms with Crippen molar-refractivity contribution in [2.24, 2.45) is 0 Å². The fourth-order valence-corrected chi connectivity index (χ4v) is 1.98. The minimum absolute atomic E-state index is 0.140. The highest BCUT2D eigenvalue weighted by Gasteiger charge is 2.10. The minimum atomic E-state index is -0.996. The number of carbonyl (C=O) groups is 1. The number of hydrogen-bond acceptors (Lipinski definition) is 4. The lowest BCUT2D eigenvalue weighted by molar-refractivity contribution is 0.0693. The summed E-state index contributed by atoms with van der Waals surface area (Å²) in [6, 6.07) is 10.7. The molecule has 5 heteroatoms. The summed E-state index contributed by atoms with van der Waals surface area (Å²) in [7, 11) is 0. The quantitative estimate of drug-likeness (QED) is 0.850. The van der Waals surface area contributed by atoms with Crippen molar-refractivity contribution in [1.82, 2.24) is 4.98 Å². The summed E-state index contributed by atoms with van der Waals surface area (Å²) in [5, 5.41) is 9.03. The van der Waals surface area contributed by atoms with E-state index in [1.54, 1.807) is 24.0 Å². The first kappa shape index (κ1) is 13.4. The van der Waals surface area contributed by atoms with Gasteiger partial charge in [0.1, 0.15) is 12.4 Å². The summed E-state index contributed by atoms with van der Waals surface area (Å²) in [5.74, 6) is -0.302. The molecule has 2 aromatic rings. The van der Waals surface area contributed by atoms with Crippen LogP contribution in [0.3, 0.4) is 0 Å². The Kier molecular flexibility index (Phi) is 4.41. The molecule has 0 unspecified atom stereocenters. The zero-order valence-corrected chi connectivity index (χ0v) is 11.2. The van der Waals surface area contributed by atoms with Crippen LogP contribution in [0.4, 0.5) is 0 Å². The Bertz CT molecular complexity index is 569. The van der Waals surface area contributed by atoms with Crippen LogP contribution in [0, 0.1) is 0 Å². The van der Waals surface area contributed by atoms with Crippen molar-refractivity contribution >= 4 is 17.7 Å². The zero-order valence-electron chi connectivity index (χ0n) is 10.4. The van der Waals surface area contributed by atoms with E-state index in [0.29, 0.717) is 11.4 Å². The number of nitrogens with zero attached hydrogens (tertiary/aromatic N) is 1. The predicted molar refractivity (Wildman–Crippen MR) is 73.8 cm³/mol. The van der Waals surface area contributed by atoms with Crippen molar-refractivity contribution in [3.63, 3.8) is 0 Å². The van der Waals surface area contributed by atoms with Crippen LogP contribution in [-0.2, 0) is 6.61 Å². The molecule has 0 aliphatic heterocycles. The summed E-state index contributed by atoms with van der Waals surface area (Å²) in [4.78, 5) is 16.2. The normalized spacial score (nSPS) is 10.2. The van der Waals surface area contributed by atoms with Gasteiger partial charge in [-0.1, -0.05) is 0 Å². The SMILES string of the molecule is CSc1ccc(OCc2ncccc2C(=O)O)cc1. The fourth-order valence-electron chi connectivity index (χ4n) is 1.57. The van der Waals surface area contributed by atoms with E-state index in [0.717, 1.165) is 4.90 Å². The van der Waals surface area contributed by atoms with Gasteiger partial charge in [-0.05, 0) is 42.7 Å². The first-order valence-electron chi connectivity index (χ1n) is 5.64. The molecule has 2 rings (SSSR count). The molecule has 0 aliphatic rings.